The molecule has 0 spiro atoms. The molecule has 0 radical (unpaired) electrons. The Labute approximate surface area is 180 Å². The maximum Gasteiger partial charge on any atom is 0.260 e. The summed E-state index contributed by atoms with van der Waals surface area (Å²) in [4.78, 5) is 42.5. The van der Waals surface area contributed by atoms with Gasteiger partial charge in [0.15, 0.2) is 12.4 Å². The molecule has 1 fully saturated rings. The summed E-state index contributed by atoms with van der Waals surface area (Å²) in [7, 11) is 0. The van der Waals surface area contributed by atoms with Gasteiger partial charge < -0.3 is 15.0 Å². The number of hydrogen-bond donors (Lipinski definition) is 1. The first-order valence-electron chi connectivity index (χ1n) is 10.0. The Balaban J connectivity index is 1.51. The number of anilines is 1. The molecule has 7 nitrogen and oxygen atoms in total. The quantitative estimate of drug-likeness (QED) is 0.707. The monoisotopic (exact) mass is 429 g/mol. The van der Waals surface area contributed by atoms with Crippen LogP contribution in [-0.4, -0.2) is 47.2 Å². The standard InChI is InChI=1S/C22H27N3O4S/c1-13-11-18(5-6-19(13)24-16(4)27)29-12-20(28)25-9-7-17(8-10-25)22-23-14(2)21(30-22)15(3)26/h5-6,11,17H,7-10,12H2,1-4H3,(H,24,27). The summed E-state index contributed by atoms with van der Waals surface area (Å²) < 4.78 is 5.67. The molecule has 1 aromatic heterocycles. The van der Waals surface area contributed by atoms with E-state index in [2.05, 4.69) is 10.3 Å². The minimum absolute atomic E-state index is 0.0194. The number of carbonyl (C=O) groups is 3. The van der Waals surface area contributed by atoms with E-state index in [0.717, 1.165) is 39.7 Å². The van der Waals surface area contributed by atoms with Gasteiger partial charge in [-0.15, -0.1) is 11.3 Å². The van der Waals surface area contributed by atoms with Crippen LogP contribution in [0.4, 0.5) is 5.69 Å². The average molecular weight is 430 g/mol. The zero-order valence-corrected chi connectivity index (χ0v) is 18.6. The third kappa shape index (κ3) is 5.24. The summed E-state index contributed by atoms with van der Waals surface area (Å²) in [5.74, 6) is 0.768. The molecule has 8 heteroatoms. The number of likely N-dealkylation sites (tertiary alicyclic amines) is 1. The first-order valence-corrected chi connectivity index (χ1v) is 10.8. The maximum absolute atomic E-state index is 12.5. The van der Waals surface area contributed by atoms with Crippen molar-refractivity contribution in [3.63, 3.8) is 0 Å². The Kier molecular flexibility index (Phi) is 6.87. The van der Waals surface area contributed by atoms with Crippen molar-refractivity contribution < 1.29 is 19.1 Å². The largest absolute Gasteiger partial charge is 0.484 e. The van der Waals surface area contributed by atoms with E-state index in [0.29, 0.717) is 18.8 Å². The van der Waals surface area contributed by atoms with Crippen LogP contribution in [0.25, 0.3) is 0 Å². The van der Waals surface area contributed by atoms with Gasteiger partial charge in [0.1, 0.15) is 5.75 Å². The summed E-state index contributed by atoms with van der Waals surface area (Å²) in [6.07, 6.45) is 1.67. The summed E-state index contributed by atoms with van der Waals surface area (Å²) in [6.45, 7) is 8.07. The number of piperidine rings is 1. The van der Waals surface area contributed by atoms with Crippen molar-refractivity contribution in [1.82, 2.24) is 9.88 Å². The van der Waals surface area contributed by atoms with Crippen molar-refractivity contribution in [2.45, 2.75) is 46.5 Å². The van der Waals surface area contributed by atoms with Crippen LogP contribution in [0.15, 0.2) is 18.2 Å². The fourth-order valence-corrected chi connectivity index (χ4v) is 4.72. The molecule has 160 valence electrons. The number of nitrogens with one attached hydrogen (secondary N) is 1. The lowest BCUT2D eigenvalue weighted by Crippen LogP contribution is -2.40. The molecule has 2 heterocycles. The molecular weight excluding hydrogens is 402 g/mol. The van der Waals surface area contributed by atoms with Gasteiger partial charge in [0.05, 0.1) is 15.6 Å². The second-order valence-electron chi connectivity index (χ2n) is 7.62. The van der Waals surface area contributed by atoms with E-state index in [1.807, 2.05) is 24.8 Å². The predicted octanol–water partition coefficient (Wildman–Crippen LogP) is 3.71. The highest BCUT2D eigenvalue weighted by molar-refractivity contribution is 7.13. The minimum Gasteiger partial charge on any atom is -0.484 e. The lowest BCUT2D eigenvalue weighted by Gasteiger charge is -2.31. The van der Waals surface area contributed by atoms with E-state index in [1.54, 1.807) is 19.1 Å². The molecule has 1 saturated heterocycles. The number of hydrogen-bond acceptors (Lipinski definition) is 6. The van der Waals surface area contributed by atoms with Gasteiger partial charge >= 0.3 is 0 Å². The second-order valence-corrected chi connectivity index (χ2v) is 8.66. The third-order valence-electron chi connectivity index (χ3n) is 5.20. The van der Waals surface area contributed by atoms with E-state index >= 15 is 0 Å². The molecule has 2 amide bonds. The molecule has 30 heavy (non-hydrogen) atoms. The number of rotatable bonds is 6. The molecule has 1 aliphatic rings. The molecule has 3 rings (SSSR count). The van der Waals surface area contributed by atoms with Gasteiger partial charge in [0, 0.05) is 38.5 Å². The van der Waals surface area contributed by atoms with E-state index in [-0.39, 0.29) is 30.1 Å². The number of ketones is 1. The van der Waals surface area contributed by atoms with Crippen LogP contribution in [0, 0.1) is 13.8 Å². The highest BCUT2D eigenvalue weighted by Crippen LogP contribution is 2.33. The number of aromatic nitrogens is 1. The van der Waals surface area contributed by atoms with Crippen molar-refractivity contribution in [2.24, 2.45) is 0 Å². The van der Waals surface area contributed by atoms with Gasteiger partial charge in [-0.1, -0.05) is 0 Å². The van der Waals surface area contributed by atoms with Crippen molar-refractivity contribution in [1.29, 1.82) is 0 Å². The Hall–Kier alpha value is -2.74. The number of carbonyl (C=O) groups excluding carboxylic acids is 3. The topological polar surface area (TPSA) is 88.6 Å². The Bertz CT molecular complexity index is 961. The van der Waals surface area contributed by atoms with Crippen LogP contribution in [0.2, 0.25) is 0 Å². The van der Waals surface area contributed by atoms with Gasteiger partial charge in [-0.05, 0) is 50.5 Å². The van der Waals surface area contributed by atoms with Crippen LogP contribution < -0.4 is 10.1 Å². The molecule has 0 bridgehead atoms. The van der Waals surface area contributed by atoms with E-state index in [4.69, 9.17) is 4.74 Å². The van der Waals surface area contributed by atoms with Crippen LogP contribution in [-0.2, 0) is 9.59 Å². The highest BCUT2D eigenvalue weighted by atomic mass is 32.1. The zero-order chi connectivity index (χ0) is 21.8. The van der Waals surface area contributed by atoms with Crippen molar-refractivity contribution in [3.8, 4) is 5.75 Å². The van der Waals surface area contributed by atoms with Gasteiger partial charge in [0.25, 0.3) is 5.91 Å². The Morgan fingerprint density at radius 3 is 2.47 bits per heavy atom. The number of aryl methyl sites for hydroxylation is 2. The summed E-state index contributed by atoms with van der Waals surface area (Å²) in [5, 5.41) is 3.75. The maximum atomic E-state index is 12.5. The number of nitrogens with zero attached hydrogens (tertiary/aromatic N) is 2. The van der Waals surface area contributed by atoms with Crippen LogP contribution in [0.5, 0.6) is 5.75 Å². The second kappa shape index (κ2) is 9.38. The number of benzene rings is 1. The minimum atomic E-state index is -0.129. The number of amides is 2. The van der Waals surface area contributed by atoms with E-state index < -0.39 is 0 Å². The molecule has 1 N–H and O–H groups in total. The lowest BCUT2D eigenvalue weighted by molar-refractivity contribution is -0.134. The third-order valence-corrected chi connectivity index (χ3v) is 6.62. The number of ether oxygens (including phenoxy) is 1. The van der Waals surface area contributed by atoms with E-state index in [1.165, 1.54) is 18.3 Å². The lowest BCUT2D eigenvalue weighted by atomic mass is 9.97. The fraction of sp³-hybridized carbons (Fsp3) is 0.455. The number of Topliss-reactive ketones (excluding diaryl/α,β-unsaturated/α-hetero) is 1. The molecule has 0 atom stereocenters. The molecule has 2 aromatic rings. The summed E-state index contributed by atoms with van der Waals surface area (Å²) >= 11 is 1.48. The van der Waals surface area contributed by atoms with Gasteiger partial charge in [0.2, 0.25) is 5.91 Å². The smallest absolute Gasteiger partial charge is 0.260 e. The molecule has 0 aliphatic carbocycles. The summed E-state index contributed by atoms with van der Waals surface area (Å²) in [6, 6.07) is 5.32. The molecular formula is C22H27N3O4S. The molecule has 0 unspecified atom stereocenters. The average Bonchev–Trinajstić information content (AvgIpc) is 3.10. The van der Waals surface area contributed by atoms with Gasteiger partial charge in [-0.3, -0.25) is 14.4 Å². The molecule has 1 aromatic carbocycles. The Morgan fingerprint density at radius 2 is 1.90 bits per heavy atom. The molecule has 0 saturated carbocycles. The van der Waals surface area contributed by atoms with Gasteiger partial charge in [-0.25, -0.2) is 4.98 Å². The molecule has 1 aliphatic heterocycles. The van der Waals surface area contributed by atoms with Crippen molar-refractivity contribution in [2.75, 3.05) is 25.0 Å². The SMILES string of the molecule is CC(=O)Nc1ccc(OCC(=O)N2CCC(c3nc(C)c(C(C)=O)s3)CC2)cc1C. The summed E-state index contributed by atoms with van der Waals surface area (Å²) in [5.41, 5.74) is 2.41. The fourth-order valence-electron chi connectivity index (χ4n) is 3.59. The van der Waals surface area contributed by atoms with Crippen LogP contribution in [0.1, 0.15) is 58.5 Å². The predicted molar refractivity (Wildman–Crippen MR) is 116 cm³/mol. The van der Waals surface area contributed by atoms with Gasteiger partial charge in [-0.2, -0.15) is 0 Å². The zero-order valence-electron chi connectivity index (χ0n) is 17.8. The first-order chi connectivity index (χ1) is 14.2. The van der Waals surface area contributed by atoms with E-state index in [9.17, 15) is 14.4 Å². The van der Waals surface area contributed by atoms with Crippen LogP contribution >= 0.6 is 11.3 Å². The Morgan fingerprint density at radius 1 is 1.20 bits per heavy atom. The normalized spacial score (nSPS) is 14.5. The highest BCUT2D eigenvalue weighted by Gasteiger charge is 2.27. The van der Waals surface area contributed by atoms with Crippen molar-refractivity contribution >= 4 is 34.6 Å². The van der Waals surface area contributed by atoms with Crippen molar-refractivity contribution in [3.05, 3.63) is 39.3 Å². The van der Waals surface area contributed by atoms with Crippen LogP contribution in [0.3, 0.4) is 0 Å². The number of thiazole rings is 1. The first kappa shape index (κ1) is 22.0.